The topological polar surface area (TPSA) is 66.4 Å². The van der Waals surface area contributed by atoms with Crippen molar-refractivity contribution in [1.29, 1.82) is 0 Å². The van der Waals surface area contributed by atoms with Gasteiger partial charge in [-0.15, -0.1) is 11.3 Å². The van der Waals surface area contributed by atoms with Crippen molar-refractivity contribution in [1.82, 2.24) is 4.72 Å². The van der Waals surface area contributed by atoms with Gasteiger partial charge < -0.3 is 5.11 Å². The van der Waals surface area contributed by atoms with E-state index in [1.54, 1.807) is 12.1 Å². The lowest BCUT2D eigenvalue weighted by Crippen LogP contribution is -2.23. The number of thiophene rings is 1. The van der Waals surface area contributed by atoms with E-state index in [1.807, 2.05) is 6.92 Å². The molecule has 6 heteroatoms. The molecule has 17 heavy (non-hydrogen) atoms. The molecule has 1 aromatic rings. The molecule has 0 radical (unpaired) electrons. The first-order valence-electron chi connectivity index (χ1n) is 5.73. The number of aryl methyl sites for hydroxylation is 1. The summed E-state index contributed by atoms with van der Waals surface area (Å²) in [6, 6.07) is 3.44. The molecule has 1 aromatic heterocycles. The van der Waals surface area contributed by atoms with Gasteiger partial charge in [0, 0.05) is 18.0 Å². The van der Waals surface area contributed by atoms with Crippen LogP contribution in [0.3, 0.4) is 0 Å². The lowest BCUT2D eigenvalue weighted by atomic mass is 10.2. The Bertz CT molecular complexity index is 426. The van der Waals surface area contributed by atoms with Crippen molar-refractivity contribution in [3.8, 4) is 0 Å². The van der Waals surface area contributed by atoms with Crippen LogP contribution >= 0.6 is 11.3 Å². The molecule has 4 nitrogen and oxygen atoms in total. The first kappa shape index (κ1) is 14.6. The average molecular weight is 277 g/mol. The third-order valence-corrected chi connectivity index (χ3v) is 5.31. The Hall–Kier alpha value is -0.430. The standard InChI is InChI=1S/C11H19NO3S2/c1-10-6-7-11(16-10)17(14,15)12-8-4-2-3-5-9-13/h6-7,12-13H,2-5,8-9H2,1H3. The van der Waals surface area contributed by atoms with E-state index in [0.717, 1.165) is 30.6 Å². The minimum Gasteiger partial charge on any atom is -0.396 e. The summed E-state index contributed by atoms with van der Waals surface area (Å²) in [4.78, 5) is 0.994. The minimum absolute atomic E-state index is 0.209. The van der Waals surface area contributed by atoms with Crippen LogP contribution in [-0.2, 0) is 10.0 Å². The second-order valence-electron chi connectivity index (χ2n) is 3.90. The number of rotatable bonds is 8. The van der Waals surface area contributed by atoms with Gasteiger partial charge in [-0.05, 0) is 31.9 Å². The molecule has 0 fully saturated rings. The average Bonchev–Trinajstić information content (AvgIpc) is 2.71. The minimum atomic E-state index is -3.31. The van der Waals surface area contributed by atoms with Crippen molar-refractivity contribution < 1.29 is 13.5 Å². The van der Waals surface area contributed by atoms with E-state index >= 15 is 0 Å². The number of nitrogens with one attached hydrogen (secondary N) is 1. The lowest BCUT2D eigenvalue weighted by molar-refractivity contribution is 0.282. The Morgan fingerprint density at radius 1 is 1.24 bits per heavy atom. The van der Waals surface area contributed by atoms with Gasteiger partial charge in [-0.1, -0.05) is 12.8 Å². The van der Waals surface area contributed by atoms with Crippen molar-refractivity contribution in [2.24, 2.45) is 0 Å². The Morgan fingerprint density at radius 2 is 1.94 bits per heavy atom. The number of sulfonamides is 1. The number of aliphatic hydroxyl groups is 1. The summed E-state index contributed by atoms with van der Waals surface area (Å²) >= 11 is 1.28. The molecule has 98 valence electrons. The fourth-order valence-electron chi connectivity index (χ4n) is 1.42. The van der Waals surface area contributed by atoms with E-state index < -0.39 is 10.0 Å². The molecule has 0 atom stereocenters. The number of hydrogen-bond acceptors (Lipinski definition) is 4. The van der Waals surface area contributed by atoms with Gasteiger partial charge in [0.05, 0.1) is 0 Å². The third kappa shape index (κ3) is 5.16. The molecule has 0 amide bonds. The maximum absolute atomic E-state index is 11.8. The summed E-state index contributed by atoms with van der Waals surface area (Å²) in [5.41, 5.74) is 0. The van der Waals surface area contributed by atoms with Crippen LogP contribution in [0.1, 0.15) is 30.6 Å². The van der Waals surface area contributed by atoms with Crippen molar-refractivity contribution in [3.63, 3.8) is 0 Å². The fraction of sp³-hybridized carbons (Fsp3) is 0.636. The van der Waals surface area contributed by atoms with Crippen molar-refractivity contribution >= 4 is 21.4 Å². The zero-order valence-electron chi connectivity index (χ0n) is 9.98. The van der Waals surface area contributed by atoms with Crippen molar-refractivity contribution in [2.45, 2.75) is 36.8 Å². The fourth-order valence-corrected chi connectivity index (χ4v) is 3.83. The highest BCUT2D eigenvalue weighted by atomic mass is 32.2. The van der Waals surface area contributed by atoms with Gasteiger partial charge in [-0.3, -0.25) is 0 Å². The SMILES string of the molecule is Cc1ccc(S(=O)(=O)NCCCCCCO)s1. The lowest BCUT2D eigenvalue weighted by Gasteiger charge is -2.04. The molecule has 0 aliphatic carbocycles. The van der Waals surface area contributed by atoms with Gasteiger partial charge in [0.2, 0.25) is 10.0 Å². The van der Waals surface area contributed by atoms with E-state index in [2.05, 4.69) is 4.72 Å². The van der Waals surface area contributed by atoms with Gasteiger partial charge in [-0.2, -0.15) is 0 Å². The van der Waals surface area contributed by atoms with Gasteiger partial charge in [0.15, 0.2) is 0 Å². The van der Waals surface area contributed by atoms with Crippen LogP contribution in [0, 0.1) is 6.92 Å². The smallest absolute Gasteiger partial charge is 0.250 e. The van der Waals surface area contributed by atoms with Crippen LogP contribution in [0.5, 0.6) is 0 Å². The third-order valence-electron chi connectivity index (χ3n) is 2.36. The molecule has 2 N–H and O–H groups in total. The number of hydrogen-bond donors (Lipinski definition) is 2. The van der Waals surface area contributed by atoms with Crippen LogP contribution < -0.4 is 4.72 Å². The molecule has 0 unspecified atom stereocenters. The molecule has 0 aliphatic rings. The van der Waals surface area contributed by atoms with Gasteiger partial charge in [-0.25, -0.2) is 13.1 Å². The molecular weight excluding hydrogens is 258 g/mol. The molecule has 0 saturated carbocycles. The summed E-state index contributed by atoms with van der Waals surface area (Å²) in [6.07, 6.45) is 3.48. The van der Waals surface area contributed by atoms with E-state index in [-0.39, 0.29) is 6.61 Å². The Labute approximate surface area is 107 Å². The zero-order valence-corrected chi connectivity index (χ0v) is 11.6. The Balaban J connectivity index is 2.31. The van der Waals surface area contributed by atoms with Crippen molar-refractivity contribution in [3.05, 3.63) is 17.0 Å². The summed E-state index contributed by atoms with van der Waals surface area (Å²) in [7, 11) is -3.31. The van der Waals surface area contributed by atoms with E-state index in [4.69, 9.17) is 5.11 Å². The molecule has 1 heterocycles. The number of aliphatic hydroxyl groups excluding tert-OH is 1. The maximum atomic E-state index is 11.8. The molecule has 0 aliphatic heterocycles. The predicted molar refractivity (Wildman–Crippen MR) is 69.8 cm³/mol. The Morgan fingerprint density at radius 3 is 2.53 bits per heavy atom. The van der Waals surface area contributed by atoms with E-state index in [1.165, 1.54) is 11.3 Å². The van der Waals surface area contributed by atoms with E-state index in [9.17, 15) is 8.42 Å². The summed E-state index contributed by atoms with van der Waals surface area (Å²) in [5, 5.41) is 8.59. The predicted octanol–water partition coefficient (Wildman–Crippen LogP) is 1.89. The van der Waals surface area contributed by atoms with Gasteiger partial charge in [0.25, 0.3) is 0 Å². The molecule has 0 spiro atoms. The van der Waals surface area contributed by atoms with E-state index in [0.29, 0.717) is 10.8 Å². The quantitative estimate of drug-likeness (QED) is 0.713. The highest BCUT2D eigenvalue weighted by molar-refractivity contribution is 7.91. The molecule has 0 saturated heterocycles. The molecular formula is C11H19NO3S2. The highest BCUT2D eigenvalue weighted by Gasteiger charge is 2.14. The monoisotopic (exact) mass is 277 g/mol. The van der Waals surface area contributed by atoms with Crippen LogP contribution in [0.25, 0.3) is 0 Å². The summed E-state index contributed by atoms with van der Waals surface area (Å²) < 4.78 is 26.6. The second-order valence-corrected chi connectivity index (χ2v) is 7.18. The van der Waals surface area contributed by atoms with Crippen LogP contribution in [0.15, 0.2) is 16.3 Å². The summed E-state index contributed by atoms with van der Waals surface area (Å²) in [6.45, 7) is 2.56. The molecule has 0 aromatic carbocycles. The van der Waals surface area contributed by atoms with Gasteiger partial charge >= 0.3 is 0 Å². The largest absolute Gasteiger partial charge is 0.396 e. The van der Waals surface area contributed by atoms with Crippen molar-refractivity contribution in [2.75, 3.05) is 13.2 Å². The number of unbranched alkanes of at least 4 members (excludes halogenated alkanes) is 3. The first-order chi connectivity index (χ1) is 8.06. The van der Waals surface area contributed by atoms with Gasteiger partial charge in [0.1, 0.15) is 4.21 Å². The van der Waals surface area contributed by atoms with Crippen LogP contribution in [-0.4, -0.2) is 26.7 Å². The second kappa shape index (κ2) is 7.10. The Kier molecular flexibility index (Phi) is 6.11. The van der Waals surface area contributed by atoms with Crippen LogP contribution in [0.4, 0.5) is 0 Å². The normalized spacial score (nSPS) is 11.9. The summed E-state index contributed by atoms with van der Waals surface area (Å²) in [5.74, 6) is 0. The molecule has 1 rings (SSSR count). The highest BCUT2D eigenvalue weighted by Crippen LogP contribution is 2.20. The zero-order chi connectivity index (χ0) is 12.7. The first-order valence-corrected chi connectivity index (χ1v) is 8.03. The van der Waals surface area contributed by atoms with Crippen LogP contribution in [0.2, 0.25) is 0 Å². The maximum Gasteiger partial charge on any atom is 0.250 e. The molecule has 0 bridgehead atoms.